The van der Waals surface area contributed by atoms with Crippen molar-refractivity contribution < 1.29 is 23.7 Å². The van der Waals surface area contributed by atoms with Gasteiger partial charge in [-0.2, -0.15) is 0 Å². The molecule has 2 fully saturated rings. The monoisotopic (exact) mass is 404 g/mol. The van der Waals surface area contributed by atoms with Crippen LogP contribution >= 0.6 is 0 Å². The number of imide groups is 1. The maximum absolute atomic E-state index is 13.3. The SMILES string of the molecule is CCOC(=O)CN1C(=O)C2C(=NC3=[N+]2CC(C)CN3C2CCCCC2)N(C)C1=O. The number of amidine groups is 1. The first-order valence-electron chi connectivity index (χ1n) is 10.7. The summed E-state index contributed by atoms with van der Waals surface area (Å²) in [5, 5.41) is 0. The molecule has 4 aliphatic rings. The molecule has 9 heteroatoms. The van der Waals surface area contributed by atoms with Gasteiger partial charge in [0.05, 0.1) is 25.7 Å². The van der Waals surface area contributed by atoms with Gasteiger partial charge in [-0.1, -0.05) is 31.2 Å². The first kappa shape index (κ1) is 19.8. The molecule has 3 heterocycles. The van der Waals surface area contributed by atoms with Crippen molar-refractivity contribution in [2.24, 2.45) is 10.9 Å². The Kier molecular flexibility index (Phi) is 5.31. The lowest BCUT2D eigenvalue weighted by molar-refractivity contribution is -0.552. The summed E-state index contributed by atoms with van der Waals surface area (Å²) >= 11 is 0. The summed E-state index contributed by atoms with van der Waals surface area (Å²) in [6, 6.07) is -0.757. The highest BCUT2D eigenvalue weighted by molar-refractivity contribution is 6.23. The Bertz CT molecular complexity index is 786. The second-order valence-corrected chi connectivity index (χ2v) is 8.45. The van der Waals surface area contributed by atoms with Crippen LogP contribution in [0.25, 0.3) is 0 Å². The van der Waals surface area contributed by atoms with Gasteiger partial charge < -0.3 is 4.74 Å². The molecule has 0 aromatic rings. The quantitative estimate of drug-likeness (QED) is 0.513. The average Bonchev–Trinajstić information content (AvgIpc) is 3.09. The molecule has 0 spiro atoms. The fraction of sp³-hybridized carbons (Fsp3) is 0.750. The number of nitrogens with zero attached hydrogens (tertiary/aromatic N) is 5. The van der Waals surface area contributed by atoms with Crippen LogP contribution in [-0.2, 0) is 14.3 Å². The Morgan fingerprint density at radius 3 is 2.66 bits per heavy atom. The fourth-order valence-corrected chi connectivity index (χ4v) is 4.92. The topological polar surface area (TPSA) is 85.5 Å². The molecule has 158 valence electrons. The van der Waals surface area contributed by atoms with Gasteiger partial charge in [-0.25, -0.2) is 14.3 Å². The van der Waals surface area contributed by atoms with Crippen molar-refractivity contribution in [1.29, 1.82) is 0 Å². The van der Waals surface area contributed by atoms with Crippen LogP contribution in [0.2, 0.25) is 0 Å². The standard InChI is InChI=1S/C20H30N5O4/c1-4-29-15(26)12-25-18(27)16-17(22(3)20(25)28)21-19-23(10-13(2)11-24(16)19)14-8-6-5-7-9-14/h13-14,16H,4-12H2,1-3H3/q+1. The van der Waals surface area contributed by atoms with Crippen LogP contribution in [0.1, 0.15) is 46.0 Å². The van der Waals surface area contributed by atoms with Gasteiger partial charge in [0.1, 0.15) is 6.54 Å². The third kappa shape index (κ3) is 3.40. The number of hydrogen-bond donors (Lipinski definition) is 0. The number of amides is 3. The van der Waals surface area contributed by atoms with Crippen LogP contribution in [-0.4, -0.2) is 94.4 Å². The highest BCUT2D eigenvalue weighted by Crippen LogP contribution is 2.30. The molecule has 3 amide bonds. The number of carbonyl (C=O) groups is 3. The zero-order chi connectivity index (χ0) is 20.7. The summed E-state index contributed by atoms with van der Waals surface area (Å²) < 4.78 is 6.98. The summed E-state index contributed by atoms with van der Waals surface area (Å²) in [6.45, 7) is 5.34. The predicted octanol–water partition coefficient (Wildman–Crippen LogP) is 0.877. The van der Waals surface area contributed by atoms with E-state index < -0.39 is 23.9 Å². The summed E-state index contributed by atoms with van der Waals surface area (Å²) in [5.41, 5.74) is 0. The Morgan fingerprint density at radius 1 is 1.24 bits per heavy atom. The smallest absolute Gasteiger partial charge is 0.392 e. The molecule has 0 aromatic heterocycles. The number of guanidine groups is 1. The third-order valence-corrected chi connectivity index (χ3v) is 6.27. The van der Waals surface area contributed by atoms with Gasteiger partial charge in [0, 0.05) is 13.0 Å². The third-order valence-electron chi connectivity index (χ3n) is 6.27. The van der Waals surface area contributed by atoms with Crippen molar-refractivity contribution in [3.63, 3.8) is 0 Å². The van der Waals surface area contributed by atoms with Crippen molar-refractivity contribution in [2.75, 3.05) is 33.3 Å². The number of carbonyl (C=O) groups excluding carboxylic acids is 3. The number of hydrogen-bond acceptors (Lipinski definition) is 6. The molecule has 0 radical (unpaired) electrons. The molecule has 2 unspecified atom stereocenters. The Morgan fingerprint density at radius 2 is 1.97 bits per heavy atom. The first-order chi connectivity index (χ1) is 13.9. The molecular formula is C20H30N5O4+. The number of esters is 1. The van der Waals surface area contributed by atoms with E-state index >= 15 is 0 Å². The lowest BCUT2D eigenvalue weighted by Crippen LogP contribution is -2.64. The molecule has 2 atom stereocenters. The normalized spacial score (nSPS) is 27.8. The van der Waals surface area contributed by atoms with E-state index in [0.29, 0.717) is 24.3 Å². The number of aliphatic imine (C=N–C) groups is 1. The van der Waals surface area contributed by atoms with Crippen molar-refractivity contribution in [1.82, 2.24) is 14.7 Å². The van der Waals surface area contributed by atoms with Gasteiger partial charge in [0.25, 0.3) is 5.91 Å². The van der Waals surface area contributed by atoms with E-state index in [0.717, 1.165) is 30.2 Å². The molecule has 3 aliphatic heterocycles. The zero-order valence-electron chi connectivity index (χ0n) is 17.5. The second-order valence-electron chi connectivity index (χ2n) is 8.45. The zero-order valence-corrected chi connectivity index (χ0v) is 17.5. The first-order valence-corrected chi connectivity index (χ1v) is 10.7. The van der Waals surface area contributed by atoms with E-state index in [4.69, 9.17) is 9.73 Å². The van der Waals surface area contributed by atoms with Crippen LogP contribution in [0.4, 0.5) is 4.79 Å². The molecule has 0 N–H and O–H groups in total. The van der Waals surface area contributed by atoms with Gasteiger partial charge in [-0.3, -0.25) is 19.4 Å². The Hall–Kier alpha value is -2.45. The minimum atomic E-state index is -0.657. The molecule has 9 nitrogen and oxygen atoms in total. The van der Waals surface area contributed by atoms with Gasteiger partial charge in [-0.05, 0) is 19.8 Å². The number of ether oxygens (including phenoxy) is 1. The lowest BCUT2D eigenvalue weighted by Gasteiger charge is -2.37. The van der Waals surface area contributed by atoms with Gasteiger partial charge in [0.2, 0.25) is 11.9 Å². The lowest BCUT2D eigenvalue weighted by atomic mass is 9.93. The Balaban J connectivity index is 1.66. The van der Waals surface area contributed by atoms with E-state index in [2.05, 4.69) is 11.8 Å². The van der Waals surface area contributed by atoms with Gasteiger partial charge >= 0.3 is 18.0 Å². The van der Waals surface area contributed by atoms with Crippen LogP contribution < -0.4 is 0 Å². The fourth-order valence-electron chi connectivity index (χ4n) is 4.92. The van der Waals surface area contributed by atoms with Crippen molar-refractivity contribution in [3.8, 4) is 0 Å². The average molecular weight is 404 g/mol. The highest BCUT2D eigenvalue weighted by Gasteiger charge is 2.55. The second kappa shape index (κ2) is 7.76. The van der Waals surface area contributed by atoms with Crippen molar-refractivity contribution in [2.45, 2.75) is 58.0 Å². The molecule has 1 saturated heterocycles. The van der Waals surface area contributed by atoms with Crippen molar-refractivity contribution in [3.05, 3.63) is 0 Å². The maximum Gasteiger partial charge on any atom is 0.392 e. The van der Waals surface area contributed by atoms with E-state index in [9.17, 15) is 14.4 Å². The van der Waals surface area contributed by atoms with Crippen molar-refractivity contribution >= 4 is 29.7 Å². The van der Waals surface area contributed by atoms with Crippen LogP contribution in [0.5, 0.6) is 0 Å². The molecule has 1 saturated carbocycles. The highest BCUT2D eigenvalue weighted by atomic mass is 16.5. The molecule has 4 rings (SSSR count). The van der Waals surface area contributed by atoms with Crippen LogP contribution in [0, 0.1) is 5.92 Å². The summed E-state index contributed by atoms with van der Waals surface area (Å²) in [4.78, 5) is 47.5. The molecule has 29 heavy (non-hydrogen) atoms. The van der Waals surface area contributed by atoms with Crippen LogP contribution in [0.15, 0.2) is 4.99 Å². The molecule has 1 aliphatic carbocycles. The minimum absolute atomic E-state index is 0.207. The summed E-state index contributed by atoms with van der Waals surface area (Å²) in [6.07, 6.45) is 5.98. The number of likely N-dealkylation sites (N-methyl/N-ethyl adjacent to an activating group) is 1. The number of fused-ring (bicyclic) bond motifs is 2. The minimum Gasteiger partial charge on any atom is -0.465 e. The van der Waals surface area contributed by atoms with Crippen LogP contribution in [0.3, 0.4) is 0 Å². The Labute approximate surface area is 171 Å². The molecule has 0 aromatic carbocycles. The van der Waals surface area contributed by atoms with E-state index in [1.54, 1.807) is 14.0 Å². The summed E-state index contributed by atoms with van der Waals surface area (Å²) in [5.74, 6) is 0.670. The molecule has 0 bridgehead atoms. The maximum atomic E-state index is 13.3. The number of rotatable bonds is 4. The summed E-state index contributed by atoms with van der Waals surface area (Å²) in [7, 11) is 1.62. The van der Waals surface area contributed by atoms with Gasteiger partial charge in [-0.15, -0.1) is 0 Å². The predicted molar refractivity (Wildman–Crippen MR) is 106 cm³/mol. The molecular weight excluding hydrogens is 374 g/mol. The van der Waals surface area contributed by atoms with E-state index in [1.807, 2.05) is 4.58 Å². The van der Waals surface area contributed by atoms with Gasteiger partial charge in [0.15, 0.2) is 0 Å². The van der Waals surface area contributed by atoms with E-state index in [1.165, 1.54) is 24.2 Å². The van der Waals surface area contributed by atoms with E-state index in [-0.39, 0.29) is 13.2 Å². The largest absolute Gasteiger partial charge is 0.465 e. The number of urea groups is 1.